The molecule has 1 heterocycles. The number of hydrogen-bond donors (Lipinski definition) is 3. The normalized spacial score (nSPS) is 10.9. The molecule has 124 valence electrons. The molecule has 0 aliphatic rings. The summed E-state index contributed by atoms with van der Waals surface area (Å²) in [5.41, 5.74) is 1.91. The van der Waals surface area contributed by atoms with Gasteiger partial charge >= 0.3 is 0 Å². The monoisotopic (exact) mass is 361 g/mol. The molecule has 0 aliphatic carbocycles. The second kappa shape index (κ2) is 7.71. The fourth-order valence-corrected chi connectivity index (χ4v) is 2.78. The quantitative estimate of drug-likeness (QED) is 0.580. The van der Waals surface area contributed by atoms with E-state index in [-0.39, 0.29) is 5.43 Å². The van der Waals surface area contributed by atoms with E-state index in [0.29, 0.717) is 28.5 Å². The number of hydrogen-bond acceptors (Lipinski definition) is 3. The molecule has 0 fully saturated rings. The molecule has 0 atom stereocenters. The number of aromatic amines is 1. The smallest absolute Gasteiger partial charge is 0.191 e. The van der Waals surface area contributed by atoms with Crippen molar-refractivity contribution in [2.75, 3.05) is 18.4 Å². The topological polar surface area (TPSA) is 56.9 Å². The Morgan fingerprint density at radius 3 is 2.62 bits per heavy atom. The number of anilines is 1. The molecule has 0 radical (unpaired) electrons. The predicted octanol–water partition coefficient (Wildman–Crippen LogP) is 4.04. The summed E-state index contributed by atoms with van der Waals surface area (Å²) < 4.78 is 0. The Labute approximate surface area is 149 Å². The van der Waals surface area contributed by atoms with Crippen molar-refractivity contribution in [1.29, 1.82) is 0 Å². The third-order valence-electron chi connectivity index (χ3n) is 3.67. The number of benzene rings is 2. The van der Waals surface area contributed by atoms with Crippen LogP contribution in [-0.2, 0) is 6.54 Å². The van der Waals surface area contributed by atoms with Crippen molar-refractivity contribution in [2.45, 2.75) is 6.54 Å². The van der Waals surface area contributed by atoms with Gasteiger partial charge in [-0.1, -0.05) is 41.4 Å². The molecule has 4 nitrogen and oxygen atoms in total. The minimum absolute atomic E-state index is 0.00983. The van der Waals surface area contributed by atoms with E-state index in [1.54, 1.807) is 12.1 Å². The fraction of sp³-hybridized carbons (Fsp3) is 0.167. The van der Waals surface area contributed by atoms with Gasteiger partial charge < -0.3 is 15.6 Å². The summed E-state index contributed by atoms with van der Waals surface area (Å²) in [5.74, 6) is 0.718. The second-order valence-corrected chi connectivity index (χ2v) is 6.26. The number of para-hydroxylation sites is 1. The van der Waals surface area contributed by atoms with E-state index in [9.17, 15) is 4.79 Å². The summed E-state index contributed by atoms with van der Waals surface area (Å²) in [4.78, 5) is 15.3. The van der Waals surface area contributed by atoms with Crippen LogP contribution in [0.3, 0.4) is 0 Å². The first-order valence-electron chi connectivity index (χ1n) is 7.64. The Morgan fingerprint density at radius 2 is 1.79 bits per heavy atom. The van der Waals surface area contributed by atoms with E-state index in [1.165, 1.54) is 0 Å². The summed E-state index contributed by atoms with van der Waals surface area (Å²) in [7, 11) is 0. The van der Waals surface area contributed by atoms with Crippen molar-refractivity contribution in [2.24, 2.45) is 0 Å². The molecule has 3 rings (SSSR count). The number of pyridine rings is 1. The summed E-state index contributed by atoms with van der Waals surface area (Å²) >= 11 is 11.9. The van der Waals surface area contributed by atoms with Gasteiger partial charge in [-0.25, -0.2) is 0 Å². The zero-order chi connectivity index (χ0) is 16.9. The van der Waals surface area contributed by atoms with Crippen LogP contribution in [0.15, 0.2) is 53.3 Å². The minimum atomic E-state index is 0.00983. The van der Waals surface area contributed by atoms with E-state index in [2.05, 4.69) is 15.6 Å². The first kappa shape index (κ1) is 16.8. The van der Waals surface area contributed by atoms with Crippen LogP contribution in [0.5, 0.6) is 0 Å². The van der Waals surface area contributed by atoms with Crippen LogP contribution in [0.1, 0.15) is 5.56 Å². The van der Waals surface area contributed by atoms with E-state index < -0.39 is 0 Å². The van der Waals surface area contributed by atoms with Crippen molar-refractivity contribution >= 4 is 39.9 Å². The molecule has 1 aromatic heterocycles. The Morgan fingerprint density at radius 1 is 0.958 bits per heavy atom. The molecule has 24 heavy (non-hydrogen) atoms. The maximum absolute atomic E-state index is 12.0. The largest absolute Gasteiger partial charge is 0.370 e. The third-order valence-corrected chi connectivity index (χ3v) is 4.41. The summed E-state index contributed by atoms with van der Waals surface area (Å²) in [5, 5.41) is 8.34. The molecule has 2 aromatic carbocycles. The lowest BCUT2D eigenvalue weighted by molar-refractivity contribution is 0.706. The van der Waals surface area contributed by atoms with Crippen molar-refractivity contribution in [3.05, 3.63) is 74.4 Å². The number of aromatic nitrogens is 1. The zero-order valence-electron chi connectivity index (χ0n) is 12.9. The van der Waals surface area contributed by atoms with Gasteiger partial charge in [0.05, 0.1) is 15.6 Å². The molecular formula is C18H17Cl2N3O. The molecule has 0 amide bonds. The highest BCUT2D eigenvalue weighted by molar-refractivity contribution is 6.42. The highest BCUT2D eigenvalue weighted by atomic mass is 35.5. The molecular weight excluding hydrogens is 345 g/mol. The summed E-state index contributed by atoms with van der Waals surface area (Å²) in [6.45, 7) is 2.14. The van der Waals surface area contributed by atoms with Gasteiger partial charge in [0, 0.05) is 31.1 Å². The van der Waals surface area contributed by atoms with Crippen molar-refractivity contribution in [3.63, 3.8) is 0 Å². The average Bonchev–Trinajstić information content (AvgIpc) is 2.58. The van der Waals surface area contributed by atoms with Crippen LogP contribution >= 0.6 is 23.2 Å². The highest BCUT2D eigenvalue weighted by Crippen LogP contribution is 2.22. The van der Waals surface area contributed by atoms with Gasteiger partial charge in [-0.05, 0) is 29.8 Å². The van der Waals surface area contributed by atoms with Crippen LogP contribution in [-0.4, -0.2) is 18.1 Å². The minimum Gasteiger partial charge on any atom is -0.370 e. The molecule has 0 spiro atoms. The van der Waals surface area contributed by atoms with Gasteiger partial charge in [-0.2, -0.15) is 0 Å². The Bertz CT molecular complexity index is 908. The lowest BCUT2D eigenvalue weighted by Gasteiger charge is -2.09. The van der Waals surface area contributed by atoms with Crippen LogP contribution in [0, 0.1) is 0 Å². The number of halogens is 2. The number of rotatable bonds is 6. The fourth-order valence-electron chi connectivity index (χ4n) is 2.46. The average molecular weight is 362 g/mol. The summed E-state index contributed by atoms with van der Waals surface area (Å²) in [6.07, 6.45) is 0. The number of fused-ring (bicyclic) bond motifs is 1. The SMILES string of the molecule is O=c1cc(NCCNCc2ccc(Cl)c(Cl)c2)[nH]c2ccccc12. The van der Waals surface area contributed by atoms with Crippen LogP contribution in [0.2, 0.25) is 10.0 Å². The Hall–Kier alpha value is -2.01. The van der Waals surface area contributed by atoms with Gasteiger partial charge in [0.15, 0.2) is 5.43 Å². The first-order chi connectivity index (χ1) is 11.6. The van der Waals surface area contributed by atoms with Gasteiger partial charge in [0.2, 0.25) is 0 Å². The van der Waals surface area contributed by atoms with Crippen molar-refractivity contribution < 1.29 is 0 Å². The van der Waals surface area contributed by atoms with E-state index in [0.717, 1.165) is 23.4 Å². The second-order valence-electron chi connectivity index (χ2n) is 5.44. The van der Waals surface area contributed by atoms with E-state index in [4.69, 9.17) is 23.2 Å². The number of nitrogens with one attached hydrogen (secondary N) is 3. The number of H-pyrrole nitrogens is 1. The Balaban J connectivity index is 1.51. The molecule has 3 N–H and O–H groups in total. The van der Waals surface area contributed by atoms with Crippen LogP contribution in [0.4, 0.5) is 5.82 Å². The van der Waals surface area contributed by atoms with Gasteiger partial charge in [0.1, 0.15) is 5.82 Å². The molecule has 0 saturated heterocycles. The van der Waals surface area contributed by atoms with Gasteiger partial charge in [-0.3, -0.25) is 4.79 Å². The Kier molecular flexibility index (Phi) is 5.41. The van der Waals surface area contributed by atoms with Crippen molar-refractivity contribution in [3.8, 4) is 0 Å². The predicted molar refractivity (Wildman–Crippen MR) is 101 cm³/mol. The molecule has 6 heteroatoms. The third kappa shape index (κ3) is 4.09. The molecule has 0 aliphatic heterocycles. The maximum Gasteiger partial charge on any atom is 0.191 e. The van der Waals surface area contributed by atoms with Crippen LogP contribution in [0.25, 0.3) is 10.9 Å². The molecule has 0 bridgehead atoms. The standard InChI is InChI=1S/C18H17Cl2N3O/c19-14-6-5-12(9-15(14)20)11-21-7-8-22-18-10-17(24)13-3-1-2-4-16(13)23-18/h1-6,9-10,21H,7-8,11H2,(H2,22,23,24). The lowest BCUT2D eigenvalue weighted by atomic mass is 10.2. The first-order valence-corrected chi connectivity index (χ1v) is 8.39. The molecule has 0 saturated carbocycles. The van der Waals surface area contributed by atoms with Gasteiger partial charge in [0.25, 0.3) is 0 Å². The zero-order valence-corrected chi connectivity index (χ0v) is 14.4. The van der Waals surface area contributed by atoms with E-state index in [1.807, 2.05) is 36.4 Å². The van der Waals surface area contributed by atoms with Gasteiger partial charge in [-0.15, -0.1) is 0 Å². The molecule has 0 unspecified atom stereocenters. The van der Waals surface area contributed by atoms with Crippen LogP contribution < -0.4 is 16.1 Å². The van der Waals surface area contributed by atoms with Crippen molar-refractivity contribution in [1.82, 2.24) is 10.3 Å². The molecule has 3 aromatic rings. The lowest BCUT2D eigenvalue weighted by Crippen LogP contribution is -2.22. The maximum atomic E-state index is 12.0. The summed E-state index contributed by atoms with van der Waals surface area (Å²) in [6, 6.07) is 14.6. The highest BCUT2D eigenvalue weighted by Gasteiger charge is 2.01. The van der Waals surface area contributed by atoms with E-state index >= 15 is 0 Å².